The van der Waals surface area contributed by atoms with E-state index in [9.17, 15) is 4.79 Å². The fraction of sp³-hybridized carbons (Fsp3) is 0.909. The molecular formula is C11H22N2O2S. The van der Waals surface area contributed by atoms with Crippen molar-refractivity contribution >= 4 is 17.7 Å². The molecule has 1 saturated heterocycles. The Morgan fingerprint density at radius 1 is 1.50 bits per heavy atom. The second-order valence-electron chi connectivity index (χ2n) is 3.97. The maximum absolute atomic E-state index is 12.1. The lowest BCUT2D eigenvalue weighted by Gasteiger charge is -2.34. The van der Waals surface area contributed by atoms with Crippen LogP contribution in [0.25, 0.3) is 0 Å². The van der Waals surface area contributed by atoms with Gasteiger partial charge in [0.25, 0.3) is 0 Å². The number of aliphatic hydroxyl groups excluding tert-OH is 1. The number of thioether (sulfide) groups is 1. The van der Waals surface area contributed by atoms with Gasteiger partial charge in [0, 0.05) is 37.7 Å². The highest BCUT2D eigenvalue weighted by atomic mass is 32.2. The van der Waals surface area contributed by atoms with E-state index in [4.69, 9.17) is 5.11 Å². The third-order valence-corrected chi connectivity index (χ3v) is 3.96. The van der Waals surface area contributed by atoms with Gasteiger partial charge < -0.3 is 10.0 Å². The molecule has 1 rings (SSSR count). The van der Waals surface area contributed by atoms with Crippen LogP contribution in [-0.4, -0.2) is 71.1 Å². The van der Waals surface area contributed by atoms with Crippen LogP contribution in [0.2, 0.25) is 0 Å². The molecule has 1 aliphatic heterocycles. The number of carbonyl (C=O) groups excluding carboxylic acids is 1. The van der Waals surface area contributed by atoms with Crippen LogP contribution in [0.15, 0.2) is 0 Å². The molecule has 1 heterocycles. The van der Waals surface area contributed by atoms with Crippen molar-refractivity contribution in [1.29, 1.82) is 0 Å². The quantitative estimate of drug-likeness (QED) is 0.756. The van der Waals surface area contributed by atoms with Crippen molar-refractivity contribution in [2.24, 2.45) is 0 Å². The van der Waals surface area contributed by atoms with Crippen molar-refractivity contribution in [2.45, 2.75) is 19.9 Å². The molecule has 0 saturated carbocycles. The summed E-state index contributed by atoms with van der Waals surface area (Å²) < 4.78 is 0. The van der Waals surface area contributed by atoms with Gasteiger partial charge in [-0.25, -0.2) is 0 Å². The molecule has 1 amide bonds. The summed E-state index contributed by atoms with van der Waals surface area (Å²) in [6, 6.07) is -0.0487. The highest BCUT2D eigenvalue weighted by Gasteiger charge is 2.25. The third kappa shape index (κ3) is 3.64. The van der Waals surface area contributed by atoms with Gasteiger partial charge in [-0.05, 0) is 13.8 Å². The number of hydrogen-bond acceptors (Lipinski definition) is 4. The Labute approximate surface area is 102 Å². The van der Waals surface area contributed by atoms with Gasteiger partial charge in [-0.1, -0.05) is 0 Å². The summed E-state index contributed by atoms with van der Waals surface area (Å²) >= 11 is 1.95. The number of amides is 1. The Bertz CT molecular complexity index is 220. The molecule has 0 spiro atoms. The van der Waals surface area contributed by atoms with Crippen molar-refractivity contribution in [3.8, 4) is 0 Å². The molecule has 0 aromatic heterocycles. The molecule has 0 aromatic rings. The van der Waals surface area contributed by atoms with E-state index in [1.807, 2.05) is 25.6 Å². The molecule has 1 unspecified atom stereocenters. The van der Waals surface area contributed by atoms with Gasteiger partial charge in [-0.2, -0.15) is 11.8 Å². The Hall–Kier alpha value is -0.260. The highest BCUT2D eigenvalue weighted by molar-refractivity contribution is 7.99. The summed E-state index contributed by atoms with van der Waals surface area (Å²) in [5.41, 5.74) is 0. The molecule has 1 fully saturated rings. The molecule has 1 N–H and O–H groups in total. The zero-order chi connectivity index (χ0) is 12.0. The Morgan fingerprint density at radius 3 is 2.62 bits per heavy atom. The summed E-state index contributed by atoms with van der Waals surface area (Å²) in [6.07, 6.45) is 0. The highest BCUT2D eigenvalue weighted by Crippen LogP contribution is 2.13. The van der Waals surface area contributed by atoms with Gasteiger partial charge in [0.15, 0.2) is 0 Å². The fourth-order valence-corrected chi connectivity index (χ4v) is 2.86. The SMILES string of the molecule is CCN(CCO)C(=O)C(C)N1CCSCC1. The predicted molar refractivity (Wildman–Crippen MR) is 67.7 cm³/mol. The van der Waals surface area contributed by atoms with Crippen LogP contribution in [0.1, 0.15) is 13.8 Å². The Balaban J connectivity index is 2.49. The van der Waals surface area contributed by atoms with Crippen LogP contribution < -0.4 is 0 Å². The zero-order valence-corrected chi connectivity index (χ0v) is 11.0. The van der Waals surface area contributed by atoms with Gasteiger partial charge in [0.05, 0.1) is 12.6 Å². The smallest absolute Gasteiger partial charge is 0.239 e. The molecule has 94 valence electrons. The second kappa shape index (κ2) is 7.14. The molecule has 0 bridgehead atoms. The first-order chi connectivity index (χ1) is 7.70. The lowest BCUT2D eigenvalue weighted by atomic mass is 10.2. The lowest BCUT2D eigenvalue weighted by molar-refractivity contribution is -0.136. The van der Waals surface area contributed by atoms with Gasteiger partial charge in [0.2, 0.25) is 5.91 Å². The first-order valence-electron chi connectivity index (χ1n) is 5.92. The standard InChI is InChI=1S/C11H22N2O2S/c1-3-12(4-7-14)11(15)10(2)13-5-8-16-9-6-13/h10,14H,3-9H2,1-2H3. The predicted octanol–water partition coefficient (Wildman–Crippen LogP) is 0.265. The van der Waals surface area contributed by atoms with Crippen molar-refractivity contribution in [2.75, 3.05) is 44.3 Å². The van der Waals surface area contributed by atoms with E-state index in [2.05, 4.69) is 4.90 Å². The maximum Gasteiger partial charge on any atom is 0.239 e. The number of hydrogen-bond donors (Lipinski definition) is 1. The van der Waals surface area contributed by atoms with E-state index in [1.165, 1.54) is 0 Å². The Kier molecular flexibility index (Phi) is 6.16. The fourth-order valence-electron chi connectivity index (χ4n) is 1.93. The molecule has 16 heavy (non-hydrogen) atoms. The van der Waals surface area contributed by atoms with Crippen LogP contribution in [-0.2, 0) is 4.79 Å². The minimum atomic E-state index is -0.0487. The Morgan fingerprint density at radius 2 is 2.12 bits per heavy atom. The van der Waals surface area contributed by atoms with Gasteiger partial charge >= 0.3 is 0 Å². The van der Waals surface area contributed by atoms with Gasteiger partial charge in [-0.15, -0.1) is 0 Å². The normalized spacial score (nSPS) is 19.4. The zero-order valence-electron chi connectivity index (χ0n) is 10.2. The molecular weight excluding hydrogens is 224 g/mol. The third-order valence-electron chi connectivity index (χ3n) is 3.01. The van der Waals surface area contributed by atoms with Crippen LogP contribution in [0.5, 0.6) is 0 Å². The molecule has 5 heteroatoms. The van der Waals surface area contributed by atoms with Crippen LogP contribution in [0.3, 0.4) is 0 Å². The summed E-state index contributed by atoms with van der Waals surface area (Å²) in [5.74, 6) is 2.37. The van der Waals surface area contributed by atoms with E-state index in [1.54, 1.807) is 4.90 Å². The monoisotopic (exact) mass is 246 g/mol. The number of rotatable bonds is 5. The minimum absolute atomic E-state index is 0.0438. The first-order valence-corrected chi connectivity index (χ1v) is 7.07. The summed E-state index contributed by atoms with van der Waals surface area (Å²) in [6.45, 7) is 7.07. The molecule has 0 aliphatic carbocycles. The maximum atomic E-state index is 12.1. The van der Waals surface area contributed by atoms with E-state index in [0.717, 1.165) is 24.6 Å². The van der Waals surface area contributed by atoms with E-state index in [-0.39, 0.29) is 18.6 Å². The number of nitrogens with zero attached hydrogens (tertiary/aromatic N) is 2. The van der Waals surface area contributed by atoms with Crippen molar-refractivity contribution < 1.29 is 9.90 Å². The first kappa shape index (κ1) is 13.8. The summed E-state index contributed by atoms with van der Waals surface area (Å²) in [5, 5.41) is 8.90. The largest absolute Gasteiger partial charge is 0.395 e. The molecule has 1 aliphatic rings. The summed E-state index contributed by atoms with van der Waals surface area (Å²) in [4.78, 5) is 16.1. The van der Waals surface area contributed by atoms with Gasteiger partial charge in [0.1, 0.15) is 0 Å². The van der Waals surface area contributed by atoms with Crippen molar-refractivity contribution in [3.05, 3.63) is 0 Å². The average molecular weight is 246 g/mol. The van der Waals surface area contributed by atoms with Gasteiger partial charge in [-0.3, -0.25) is 9.69 Å². The molecule has 1 atom stereocenters. The van der Waals surface area contributed by atoms with Crippen LogP contribution >= 0.6 is 11.8 Å². The molecule has 4 nitrogen and oxygen atoms in total. The van der Waals surface area contributed by atoms with E-state index in [0.29, 0.717) is 13.1 Å². The summed E-state index contributed by atoms with van der Waals surface area (Å²) in [7, 11) is 0. The molecule has 0 radical (unpaired) electrons. The number of likely N-dealkylation sites (N-methyl/N-ethyl adjacent to an activating group) is 1. The minimum Gasteiger partial charge on any atom is -0.395 e. The van der Waals surface area contributed by atoms with Crippen molar-refractivity contribution in [3.63, 3.8) is 0 Å². The second-order valence-corrected chi connectivity index (χ2v) is 5.19. The topological polar surface area (TPSA) is 43.8 Å². The molecule has 0 aromatic carbocycles. The number of carbonyl (C=O) groups is 1. The van der Waals surface area contributed by atoms with E-state index < -0.39 is 0 Å². The van der Waals surface area contributed by atoms with Crippen LogP contribution in [0, 0.1) is 0 Å². The van der Waals surface area contributed by atoms with Crippen LogP contribution in [0.4, 0.5) is 0 Å². The average Bonchev–Trinajstić information content (AvgIpc) is 2.35. The van der Waals surface area contributed by atoms with E-state index >= 15 is 0 Å². The number of aliphatic hydroxyl groups is 1. The van der Waals surface area contributed by atoms with Crippen molar-refractivity contribution in [1.82, 2.24) is 9.80 Å². The lowest BCUT2D eigenvalue weighted by Crippen LogP contribution is -2.50.